The number of nitrogens with one attached hydrogen (secondary N) is 1. The molecule has 1 aromatic carbocycles. The summed E-state index contributed by atoms with van der Waals surface area (Å²) < 4.78 is 60.2. The second-order valence-electron chi connectivity index (χ2n) is 7.32. The van der Waals surface area contributed by atoms with E-state index in [1.807, 2.05) is 31.3 Å². The highest BCUT2D eigenvalue weighted by Crippen LogP contribution is 2.32. The van der Waals surface area contributed by atoms with E-state index < -0.39 is 33.9 Å². The highest BCUT2D eigenvalue weighted by Gasteiger charge is 2.47. The Labute approximate surface area is 200 Å². The van der Waals surface area contributed by atoms with E-state index >= 15 is 0 Å². The molecule has 0 unspecified atom stereocenters. The number of halogens is 3. The van der Waals surface area contributed by atoms with Gasteiger partial charge in [0.2, 0.25) is 0 Å². The van der Waals surface area contributed by atoms with Crippen molar-refractivity contribution >= 4 is 61.9 Å². The van der Waals surface area contributed by atoms with Crippen LogP contribution in [0, 0.1) is 0 Å². The topological polar surface area (TPSA) is 86.8 Å². The molecule has 182 valence electrons. The van der Waals surface area contributed by atoms with Crippen LogP contribution in [-0.2, 0) is 19.6 Å². The lowest BCUT2D eigenvalue weighted by Gasteiger charge is -2.19. The van der Waals surface area contributed by atoms with Crippen LogP contribution >= 0.6 is 24.0 Å². The number of rotatable bonds is 10. The van der Waals surface area contributed by atoms with Crippen LogP contribution in [0.3, 0.4) is 0 Å². The van der Waals surface area contributed by atoms with Gasteiger partial charge in [-0.3, -0.25) is 14.5 Å². The van der Waals surface area contributed by atoms with Crippen molar-refractivity contribution in [2.45, 2.75) is 38.1 Å². The molecule has 0 saturated carbocycles. The van der Waals surface area contributed by atoms with Gasteiger partial charge in [-0.1, -0.05) is 62.3 Å². The number of sulfonamides is 1. The van der Waals surface area contributed by atoms with Crippen LogP contribution in [-0.4, -0.2) is 55.1 Å². The van der Waals surface area contributed by atoms with Crippen molar-refractivity contribution in [3.05, 3.63) is 34.7 Å². The molecule has 1 saturated heterocycles. The van der Waals surface area contributed by atoms with Crippen LogP contribution in [0.1, 0.15) is 38.2 Å². The fourth-order valence-electron chi connectivity index (χ4n) is 2.90. The third-order valence-electron chi connectivity index (χ3n) is 4.71. The fourth-order valence-corrected chi connectivity index (χ4v) is 4.64. The Morgan fingerprint density at radius 3 is 2.42 bits per heavy atom. The van der Waals surface area contributed by atoms with Crippen LogP contribution in [0.2, 0.25) is 0 Å². The van der Waals surface area contributed by atoms with Gasteiger partial charge in [0.05, 0.1) is 4.91 Å². The molecule has 33 heavy (non-hydrogen) atoms. The number of anilines is 1. The Bertz CT molecular complexity index is 1030. The van der Waals surface area contributed by atoms with Crippen LogP contribution < -0.4 is 9.62 Å². The second kappa shape index (κ2) is 11.3. The second-order valence-corrected chi connectivity index (χ2v) is 10.7. The van der Waals surface area contributed by atoms with Gasteiger partial charge in [-0.2, -0.15) is 21.6 Å². The number of benzene rings is 1. The molecule has 1 aliphatic heterocycles. The summed E-state index contributed by atoms with van der Waals surface area (Å²) in [4.78, 5) is 27.4. The first-order valence-electron chi connectivity index (χ1n) is 10.0. The molecule has 13 heteroatoms. The van der Waals surface area contributed by atoms with Crippen molar-refractivity contribution in [2.75, 3.05) is 25.0 Å². The molecule has 7 nitrogen and oxygen atoms in total. The maximum Gasteiger partial charge on any atom is 0.516 e. The molecule has 0 atom stereocenters. The summed E-state index contributed by atoms with van der Waals surface area (Å²) in [7, 11) is -3.87. The summed E-state index contributed by atoms with van der Waals surface area (Å²) in [5, 5.41) is 0. The summed E-state index contributed by atoms with van der Waals surface area (Å²) in [6, 6.07) is 7.43. The zero-order valence-corrected chi connectivity index (χ0v) is 20.5. The third-order valence-corrected chi connectivity index (χ3v) is 7.19. The molecule has 0 aliphatic carbocycles. The van der Waals surface area contributed by atoms with E-state index in [2.05, 4.69) is 11.8 Å². The predicted molar refractivity (Wildman–Crippen MR) is 127 cm³/mol. The molecule has 1 aromatic rings. The zero-order chi connectivity index (χ0) is 24.8. The van der Waals surface area contributed by atoms with Crippen molar-refractivity contribution in [3.8, 4) is 0 Å². The van der Waals surface area contributed by atoms with Crippen LogP contribution in [0.25, 0.3) is 6.08 Å². The lowest BCUT2D eigenvalue weighted by atomic mass is 10.1. The summed E-state index contributed by atoms with van der Waals surface area (Å²) in [6.45, 7) is 2.13. The first kappa shape index (κ1) is 27.1. The minimum absolute atomic E-state index is 0.0609. The normalized spacial score (nSPS) is 15.9. The van der Waals surface area contributed by atoms with Gasteiger partial charge in [-0.05, 0) is 30.2 Å². The number of carbonyl (C=O) groups excluding carboxylic acids is 2. The van der Waals surface area contributed by atoms with Crippen LogP contribution in [0.15, 0.2) is 29.2 Å². The first-order chi connectivity index (χ1) is 15.4. The van der Waals surface area contributed by atoms with E-state index in [1.165, 1.54) is 19.3 Å². The quantitative estimate of drug-likeness (QED) is 0.283. The van der Waals surface area contributed by atoms with E-state index in [-0.39, 0.29) is 9.23 Å². The number of carbonyl (C=O) groups is 2. The molecule has 2 amide bonds. The Morgan fingerprint density at radius 2 is 1.85 bits per heavy atom. The van der Waals surface area contributed by atoms with E-state index in [0.717, 1.165) is 40.0 Å². The van der Waals surface area contributed by atoms with Crippen molar-refractivity contribution in [1.82, 2.24) is 9.62 Å². The number of alkyl halides is 3. The number of nitrogens with zero attached hydrogens (tertiary/aromatic N) is 2. The van der Waals surface area contributed by atoms with Crippen LogP contribution in [0.4, 0.5) is 18.9 Å². The van der Waals surface area contributed by atoms with E-state index in [4.69, 9.17) is 12.2 Å². The van der Waals surface area contributed by atoms with Crippen LogP contribution in [0.5, 0.6) is 0 Å². The molecular formula is C20H24F3N3O4S3. The highest BCUT2D eigenvalue weighted by molar-refractivity contribution is 8.26. The zero-order valence-electron chi connectivity index (χ0n) is 18.0. The van der Waals surface area contributed by atoms with Gasteiger partial charge in [-0.15, -0.1) is 0 Å². The molecule has 0 bridgehead atoms. The number of hydrogen-bond acceptors (Lipinski definition) is 7. The first-order valence-corrected chi connectivity index (χ1v) is 12.7. The number of amides is 2. The molecular weight excluding hydrogens is 499 g/mol. The maximum absolute atomic E-state index is 12.6. The monoisotopic (exact) mass is 523 g/mol. The molecule has 1 heterocycles. The van der Waals surface area contributed by atoms with Gasteiger partial charge in [0.1, 0.15) is 10.9 Å². The highest BCUT2D eigenvalue weighted by atomic mass is 32.2. The molecule has 1 aliphatic rings. The van der Waals surface area contributed by atoms with Crippen molar-refractivity contribution in [3.63, 3.8) is 0 Å². The van der Waals surface area contributed by atoms with E-state index in [0.29, 0.717) is 5.56 Å². The molecule has 0 aromatic heterocycles. The van der Waals surface area contributed by atoms with Crippen molar-refractivity contribution < 1.29 is 31.2 Å². The summed E-state index contributed by atoms with van der Waals surface area (Å²) in [5.41, 5.74) is -3.94. The number of hydrogen-bond donors (Lipinski definition) is 1. The average molecular weight is 524 g/mol. The Morgan fingerprint density at radius 1 is 1.21 bits per heavy atom. The molecule has 1 fully saturated rings. The number of thioether (sulfide) groups is 1. The number of unbranched alkanes of at least 4 members (excludes halogenated alkanes) is 3. The predicted octanol–water partition coefficient (Wildman–Crippen LogP) is 3.87. The molecule has 0 radical (unpaired) electrons. The largest absolute Gasteiger partial charge is 0.516 e. The van der Waals surface area contributed by atoms with E-state index in [9.17, 15) is 31.2 Å². The summed E-state index contributed by atoms with van der Waals surface area (Å²) in [6.07, 6.45) is 6.18. The third kappa shape index (κ3) is 7.44. The van der Waals surface area contributed by atoms with Crippen molar-refractivity contribution in [2.24, 2.45) is 0 Å². The maximum atomic E-state index is 12.6. The molecule has 0 spiro atoms. The lowest BCUT2D eigenvalue weighted by molar-refractivity contribution is -0.128. The standard InChI is InChI=1S/C20H24F3N3O4S3/c1-3-4-5-6-11-25(2)15-9-7-14(8-10-15)12-16-18(28)26(19(31)32-16)13-17(27)24-33(29,30)20(21,22)23/h7-10,12H,3-6,11,13H2,1-2H3,(H,24,27). The Kier molecular flexibility index (Phi) is 9.32. The minimum Gasteiger partial charge on any atom is -0.375 e. The molecule has 1 N–H and O–H groups in total. The Balaban J connectivity index is 2.02. The lowest BCUT2D eigenvalue weighted by Crippen LogP contribution is -2.45. The van der Waals surface area contributed by atoms with Gasteiger partial charge in [0, 0.05) is 19.3 Å². The fraction of sp³-hybridized carbons (Fsp3) is 0.450. The van der Waals surface area contributed by atoms with E-state index in [1.54, 1.807) is 6.08 Å². The summed E-state index contributed by atoms with van der Waals surface area (Å²) in [5.74, 6) is -2.21. The smallest absolute Gasteiger partial charge is 0.375 e. The Hall–Kier alpha value is -2.12. The number of thiocarbonyl (C=S) groups is 1. The van der Waals surface area contributed by atoms with Gasteiger partial charge < -0.3 is 4.90 Å². The average Bonchev–Trinajstić information content (AvgIpc) is 2.97. The SMILES string of the molecule is CCCCCCN(C)c1ccc(C=C2SC(=S)N(CC(=O)NS(=O)(=O)C(F)(F)F)C2=O)cc1. The van der Waals surface area contributed by atoms with Gasteiger partial charge >= 0.3 is 15.5 Å². The van der Waals surface area contributed by atoms with Gasteiger partial charge in [0.25, 0.3) is 11.8 Å². The van der Waals surface area contributed by atoms with Gasteiger partial charge in [0.15, 0.2) is 0 Å². The molecule has 2 rings (SSSR count). The summed E-state index contributed by atoms with van der Waals surface area (Å²) >= 11 is 5.90. The van der Waals surface area contributed by atoms with Gasteiger partial charge in [-0.25, -0.2) is 4.72 Å². The minimum atomic E-state index is -5.86. The van der Waals surface area contributed by atoms with Crippen molar-refractivity contribution in [1.29, 1.82) is 0 Å².